The van der Waals surface area contributed by atoms with E-state index < -0.39 is 11.5 Å². The number of carboxylic acids is 1. The zero-order chi connectivity index (χ0) is 15.2. The molecule has 2 N–H and O–H groups in total. The molecule has 1 saturated carbocycles. The molecule has 0 aromatic rings. The molecule has 0 aliphatic heterocycles. The summed E-state index contributed by atoms with van der Waals surface area (Å²) in [6, 6.07) is 0. The second-order valence-electron chi connectivity index (χ2n) is 6.23. The van der Waals surface area contributed by atoms with Crippen LogP contribution in [0, 0.1) is 5.92 Å². The molecule has 20 heavy (non-hydrogen) atoms. The van der Waals surface area contributed by atoms with Crippen LogP contribution in [0.1, 0.15) is 46.0 Å². The van der Waals surface area contributed by atoms with E-state index in [1.54, 1.807) is 14.2 Å². The Balaban J connectivity index is 2.33. The fourth-order valence-corrected chi connectivity index (χ4v) is 2.93. The van der Waals surface area contributed by atoms with E-state index >= 15 is 0 Å². The summed E-state index contributed by atoms with van der Waals surface area (Å²) in [6.45, 7) is 5.32. The first-order chi connectivity index (χ1) is 9.38. The highest BCUT2D eigenvalue weighted by atomic mass is 16.5. The van der Waals surface area contributed by atoms with Gasteiger partial charge in [0.15, 0.2) is 0 Å². The molecule has 0 saturated heterocycles. The van der Waals surface area contributed by atoms with Crippen LogP contribution in [-0.2, 0) is 14.3 Å². The van der Waals surface area contributed by atoms with E-state index in [0.29, 0.717) is 19.6 Å². The molecule has 1 rings (SSSR count). The van der Waals surface area contributed by atoms with Crippen molar-refractivity contribution in [1.82, 2.24) is 5.32 Å². The van der Waals surface area contributed by atoms with Gasteiger partial charge in [-0.1, -0.05) is 6.42 Å². The van der Waals surface area contributed by atoms with E-state index in [1.807, 2.05) is 13.8 Å². The summed E-state index contributed by atoms with van der Waals surface area (Å²) in [5, 5.41) is 12.5. The first-order valence-corrected chi connectivity index (χ1v) is 7.43. The number of carbonyl (C=O) groups is 1. The van der Waals surface area contributed by atoms with Crippen molar-refractivity contribution in [2.45, 2.75) is 57.1 Å². The van der Waals surface area contributed by atoms with E-state index in [1.165, 1.54) is 0 Å². The molecule has 1 aliphatic rings. The molecule has 0 aromatic carbocycles. The molecule has 118 valence electrons. The van der Waals surface area contributed by atoms with Crippen LogP contribution in [0.3, 0.4) is 0 Å². The van der Waals surface area contributed by atoms with Gasteiger partial charge < -0.3 is 19.9 Å². The lowest BCUT2D eigenvalue weighted by atomic mass is 9.85. The van der Waals surface area contributed by atoms with Crippen LogP contribution in [0.5, 0.6) is 0 Å². The number of nitrogens with one attached hydrogen (secondary N) is 1. The molecule has 0 aromatic heterocycles. The van der Waals surface area contributed by atoms with Gasteiger partial charge in [-0.25, -0.2) is 0 Å². The number of hydrogen-bond donors (Lipinski definition) is 2. The van der Waals surface area contributed by atoms with Crippen LogP contribution >= 0.6 is 0 Å². The SMILES string of the molecule is CNC1(C(=O)O)CCCC1CCOCCC(C)(C)OC. The largest absolute Gasteiger partial charge is 0.480 e. The lowest BCUT2D eigenvalue weighted by Gasteiger charge is -2.31. The van der Waals surface area contributed by atoms with Crippen molar-refractivity contribution in [3.63, 3.8) is 0 Å². The van der Waals surface area contributed by atoms with Crippen LogP contribution < -0.4 is 5.32 Å². The Hall–Kier alpha value is -0.650. The zero-order valence-corrected chi connectivity index (χ0v) is 13.2. The van der Waals surface area contributed by atoms with Gasteiger partial charge in [0.05, 0.1) is 5.60 Å². The molecule has 2 atom stereocenters. The van der Waals surface area contributed by atoms with E-state index in [0.717, 1.165) is 25.7 Å². The maximum atomic E-state index is 11.5. The van der Waals surface area contributed by atoms with Crippen molar-refractivity contribution in [2.24, 2.45) is 5.92 Å². The molecule has 5 nitrogen and oxygen atoms in total. The Bertz CT molecular complexity index is 319. The summed E-state index contributed by atoms with van der Waals surface area (Å²) in [7, 11) is 3.45. The number of methoxy groups -OCH3 is 1. The van der Waals surface area contributed by atoms with Crippen molar-refractivity contribution < 1.29 is 19.4 Å². The van der Waals surface area contributed by atoms with Gasteiger partial charge in [-0.05, 0) is 52.5 Å². The van der Waals surface area contributed by atoms with Crippen LogP contribution in [-0.4, -0.2) is 49.6 Å². The molecule has 0 radical (unpaired) electrons. The molecule has 5 heteroatoms. The number of hydrogen-bond acceptors (Lipinski definition) is 4. The molecule has 0 spiro atoms. The number of carboxylic acid groups (broad SMARTS) is 1. The van der Waals surface area contributed by atoms with Gasteiger partial charge in [0.2, 0.25) is 0 Å². The summed E-state index contributed by atoms with van der Waals surface area (Å²) in [5.41, 5.74) is -0.918. The van der Waals surface area contributed by atoms with Gasteiger partial charge in [0, 0.05) is 20.3 Å². The number of rotatable bonds is 9. The van der Waals surface area contributed by atoms with Crippen molar-refractivity contribution in [2.75, 3.05) is 27.4 Å². The van der Waals surface area contributed by atoms with Crippen LogP contribution in [0.4, 0.5) is 0 Å². The third-order valence-electron chi connectivity index (χ3n) is 4.66. The fraction of sp³-hybridized carbons (Fsp3) is 0.933. The van der Waals surface area contributed by atoms with Gasteiger partial charge >= 0.3 is 5.97 Å². The third kappa shape index (κ3) is 4.17. The van der Waals surface area contributed by atoms with Crippen molar-refractivity contribution in [1.29, 1.82) is 0 Å². The highest BCUT2D eigenvalue weighted by Crippen LogP contribution is 2.38. The average molecular weight is 287 g/mol. The average Bonchev–Trinajstić information content (AvgIpc) is 2.82. The third-order valence-corrected chi connectivity index (χ3v) is 4.66. The minimum Gasteiger partial charge on any atom is -0.480 e. The molecular weight excluding hydrogens is 258 g/mol. The summed E-state index contributed by atoms with van der Waals surface area (Å²) in [5.74, 6) is -0.580. The van der Waals surface area contributed by atoms with E-state index in [9.17, 15) is 9.90 Å². The maximum Gasteiger partial charge on any atom is 0.324 e. The standard InChI is InChI=1S/C15H29NO4/c1-14(2,19-4)9-11-20-10-7-12-6-5-8-15(12,16-3)13(17)18/h12,16H,5-11H2,1-4H3,(H,17,18). The second kappa shape index (κ2) is 7.38. The lowest BCUT2D eigenvalue weighted by molar-refractivity contribution is -0.146. The zero-order valence-electron chi connectivity index (χ0n) is 13.2. The van der Waals surface area contributed by atoms with Gasteiger partial charge in [-0.15, -0.1) is 0 Å². The molecule has 0 amide bonds. The number of aliphatic carboxylic acids is 1. The van der Waals surface area contributed by atoms with Crippen LogP contribution in [0.15, 0.2) is 0 Å². The quantitative estimate of drug-likeness (QED) is 0.635. The van der Waals surface area contributed by atoms with E-state index in [-0.39, 0.29) is 11.5 Å². The van der Waals surface area contributed by atoms with Crippen molar-refractivity contribution in [3.05, 3.63) is 0 Å². The topological polar surface area (TPSA) is 67.8 Å². The summed E-state index contributed by atoms with van der Waals surface area (Å²) in [4.78, 5) is 11.5. The summed E-state index contributed by atoms with van der Waals surface area (Å²) < 4.78 is 11.0. The molecule has 1 aliphatic carbocycles. The van der Waals surface area contributed by atoms with Crippen LogP contribution in [0.2, 0.25) is 0 Å². The molecular formula is C15H29NO4. The van der Waals surface area contributed by atoms with Gasteiger partial charge in [0.25, 0.3) is 0 Å². The summed E-state index contributed by atoms with van der Waals surface area (Å²) in [6.07, 6.45) is 4.26. The molecule has 0 bridgehead atoms. The molecule has 1 fully saturated rings. The molecule has 2 unspecified atom stereocenters. The van der Waals surface area contributed by atoms with Crippen molar-refractivity contribution >= 4 is 5.97 Å². The van der Waals surface area contributed by atoms with E-state index in [4.69, 9.17) is 9.47 Å². The number of likely N-dealkylation sites (N-methyl/N-ethyl adjacent to an activating group) is 1. The van der Waals surface area contributed by atoms with Crippen molar-refractivity contribution in [3.8, 4) is 0 Å². The Labute approximate surface area is 122 Å². The van der Waals surface area contributed by atoms with Gasteiger partial charge in [-0.3, -0.25) is 4.79 Å². The predicted molar refractivity (Wildman–Crippen MR) is 77.9 cm³/mol. The van der Waals surface area contributed by atoms with Gasteiger partial charge in [0.1, 0.15) is 5.54 Å². The number of ether oxygens (including phenoxy) is 2. The Morgan fingerprint density at radius 1 is 1.45 bits per heavy atom. The predicted octanol–water partition coefficient (Wildman–Crippen LogP) is 2.05. The monoisotopic (exact) mass is 287 g/mol. The smallest absolute Gasteiger partial charge is 0.324 e. The minimum atomic E-state index is -0.755. The first kappa shape index (κ1) is 17.4. The Kier molecular flexibility index (Phi) is 6.43. The first-order valence-electron chi connectivity index (χ1n) is 7.43. The fourth-order valence-electron chi connectivity index (χ4n) is 2.93. The summed E-state index contributed by atoms with van der Waals surface area (Å²) >= 11 is 0. The van der Waals surface area contributed by atoms with Crippen LogP contribution in [0.25, 0.3) is 0 Å². The highest BCUT2D eigenvalue weighted by molar-refractivity contribution is 5.79. The Morgan fingerprint density at radius 2 is 2.15 bits per heavy atom. The molecule has 0 heterocycles. The maximum absolute atomic E-state index is 11.5. The normalized spacial score (nSPS) is 26.9. The van der Waals surface area contributed by atoms with E-state index in [2.05, 4.69) is 5.32 Å². The van der Waals surface area contributed by atoms with Gasteiger partial charge in [-0.2, -0.15) is 0 Å². The second-order valence-corrected chi connectivity index (χ2v) is 6.23. The highest BCUT2D eigenvalue weighted by Gasteiger charge is 2.47. The lowest BCUT2D eigenvalue weighted by Crippen LogP contribution is -2.53. The minimum absolute atomic E-state index is 0.153. The Morgan fingerprint density at radius 3 is 2.70 bits per heavy atom.